The molecule has 1 atom stereocenters. The van der Waals surface area contributed by atoms with E-state index in [1.807, 2.05) is 62.0 Å². The fourth-order valence-electron chi connectivity index (χ4n) is 2.20. The molecule has 0 spiro atoms. The van der Waals surface area contributed by atoms with Gasteiger partial charge < -0.3 is 9.05 Å². The molecule has 0 saturated heterocycles. The van der Waals surface area contributed by atoms with Gasteiger partial charge in [-0.25, -0.2) is 0 Å². The van der Waals surface area contributed by atoms with Crippen LogP contribution in [0.25, 0.3) is 11.1 Å². The van der Waals surface area contributed by atoms with Crippen LogP contribution in [0, 0.1) is 0 Å². The van der Waals surface area contributed by atoms with E-state index in [0.29, 0.717) is 13.2 Å². The van der Waals surface area contributed by atoms with Crippen molar-refractivity contribution >= 4 is 7.60 Å². The molecule has 2 rings (SSSR count). The molecule has 0 N–H and O–H groups in total. The minimum Gasteiger partial charge on any atom is -0.304 e. The van der Waals surface area contributed by atoms with Crippen LogP contribution in [0.5, 0.6) is 0 Å². The first-order valence-electron chi connectivity index (χ1n) is 7.40. The van der Waals surface area contributed by atoms with Gasteiger partial charge in [0, 0.05) is 31.5 Å². The van der Waals surface area contributed by atoms with Gasteiger partial charge in [-0.3, -0.25) is 9.55 Å². The number of aromatic nitrogens is 2. The summed E-state index contributed by atoms with van der Waals surface area (Å²) in [6.45, 7) is 6.19. The van der Waals surface area contributed by atoms with Gasteiger partial charge in [-0.05, 0) is 37.1 Å². The monoisotopic (exact) mass is 321 g/mol. The molecule has 2 aromatic rings. The van der Waals surface area contributed by atoms with Crippen molar-refractivity contribution in [3.63, 3.8) is 0 Å². The van der Waals surface area contributed by atoms with Gasteiger partial charge in [-0.2, -0.15) is 4.57 Å². The Morgan fingerprint density at radius 1 is 1.05 bits per heavy atom. The van der Waals surface area contributed by atoms with Gasteiger partial charge in [0.25, 0.3) is 5.78 Å². The van der Waals surface area contributed by atoms with E-state index in [1.54, 1.807) is 12.4 Å². The van der Waals surface area contributed by atoms with Crippen molar-refractivity contribution in [3.05, 3.63) is 49.1 Å². The Morgan fingerprint density at radius 2 is 1.55 bits per heavy atom. The first-order chi connectivity index (χ1) is 10.6. The summed E-state index contributed by atoms with van der Waals surface area (Å²) in [5, 5.41) is 0. The van der Waals surface area contributed by atoms with Gasteiger partial charge in [0.2, 0.25) is 0 Å². The highest BCUT2D eigenvalue weighted by Crippen LogP contribution is 2.56. The molecule has 0 saturated carbocycles. The second-order valence-corrected chi connectivity index (χ2v) is 7.12. The van der Waals surface area contributed by atoms with Crippen LogP contribution < -0.4 is 4.57 Å². The van der Waals surface area contributed by atoms with Gasteiger partial charge in [0.1, 0.15) is 0 Å². The van der Waals surface area contributed by atoms with Crippen molar-refractivity contribution in [1.29, 1.82) is 0 Å². The van der Waals surface area contributed by atoms with E-state index in [0.717, 1.165) is 11.1 Å². The highest BCUT2D eigenvalue weighted by molar-refractivity contribution is 7.53. The minimum absolute atomic E-state index is 0.358. The Morgan fingerprint density at radius 3 is 2.05 bits per heavy atom. The van der Waals surface area contributed by atoms with Crippen molar-refractivity contribution in [2.45, 2.75) is 26.6 Å². The minimum atomic E-state index is -3.17. The standard InChI is InChI=1S/C16H22N2O3P/c1-4-20-22(19,21-5-2)14(3)18-12-8-16(9-13-18)15-6-10-17-11-7-15/h6-14H,4-5H2,1-3H3/q+1. The van der Waals surface area contributed by atoms with Crippen molar-refractivity contribution < 1.29 is 18.2 Å². The molecule has 0 aliphatic carbocycles. The Hall–Kier alpha value is -1.55. The predicted octanol–water partition coefficient (Wildman–Crippen LogP) is 3.82. The van der Waals surface area contributed by atoms with E-state index in [4.69, 9.17) is 9.05 Å². The SMILES string of the molecule is CCOP(=O)(OCC)C(C)[n+]1ccc(-c2ccncc2)cc1. The van der Waals surface area contributed by atoms with Crippen LogP contribution >= 0.6 is 7.60 Å². The highest BCUT2D eigenvalue weighted by Gasteiger charge is 2.39. The summed E-state index contributed by atoms with van der Waals surface area (Å²) < 4.78 is 25.5. The Bertz CT molecular complexity index is 622. The average Bonchev–Trinajstić information content (AvgIpc) is 2.55. The normalized spacial score (nSPS) is 13.0. The van der Waals surface area contributed by atoms with Gasteiger partial charge in [-0.15, -0.1) is 0 Å². The lowest BCUT2D eigenvalue weighted by Gasteiger charge is -2.19. The zero-order chi connectivity index (χ0) is 16.0. The van der Waals surface area contributed by atoms with Gasteiger partial charge in [0.15, 0.2) is 12.4 Å². The number of nitrogens with zero attached hydrogens (tertiary/aromatic N) is 2. The zero-order valence-corrected chi connectivity index (χ0v) is 14.1. The number of hydrogen-bond donors (Lipinski definition) is 0. The van der Waals surface area contributed by atoms with Crippen LogP contribution in [0.1, 0.15) is 26.6 Å². The summed E-state index contributed by atoms with van der Waals surface area (Å²) in [6, 6.07) is 7.87. The zero-order valence-electron chi connectivity index (χ0n) is 13.2. The average molecular weight is 321 g/mol. The van der Waals surface area contributed by atoms with Crippen LogP contribution in [0.3, 0.4) is 0 Å². The molecule has 6 heteroatoms. The Kier molecular flexibility index (Phi) is 5.83. The molecule has 0 aromatic carbocycles. The van der Waals surface area contributed by atoms with Crippen molar-refractivity contribution in [2.24, 2.45) is 0 Å². The molecule has 5 nitrogen and oxygen atoms in total. The van der Waals surface area contributed by atoms with Gasteiger partial charge in [-0.1, -0.05) is 0 Å². The van der Waals surface area contributed by atoms with E-state index >= 15 is 0 Å². The second-order valence-electron chi connectivity index (χ2n) is 4.78. The molecular formula is C16H22N2O3P+. The third-order valence-corrected chi connectivity index (χ3v) is 5.79. The van der Waals surface area contributed by atoms with Crippen molar-refractivity contribution in [3.8, 4) is 11.1 Å². The Balaban J connectivity index is 2.24. The molecule has 0 radical (unpaired) electrons. The molecule has 0 amide bonds. The van der Waals surface area contributed by atoms with E-state index in [2.05, 4.69) is 4.98 Å². The molecule has 0 bridgehead atoms. The van der Waals surface area contributed by atoms with Crippen LogP contribution in [-0.2, 0) is 13.6 Å². The lowest BCUT2D eigenvalue weighted by molar-refractivity contribution is -0.701. The molecule has 22 heavy (non-hydrogen) atoms. The highest BCUT2D eigenvalue weighted by atomic mass is 31.2. The number of pyridine rings is 2. The summed E-state index contributed by atoms with van der Waals surface area (Å²) in [4.78, 5) is 4.01. The maximum absolute atomic E-state index is 12.8. The maximum Gasteiger partial charge on any atom is 0.397 e. The van der Waals surface area contributed by atoms with Crippen LogP contribution in [0.2, 0.25) is 0 Å². The topological polar surface area (TPSA) is 52.3 Å². The second kappa shape index (κ2) is 7.63. The van der Waals surface area contributed by atoms with Crippen LogP contribution in [0.15, 0.2) is 49.1 Å². The summed E-state index contributed by atoms with van der Waals surface area (Å²) in [5.74, 6) is -0.376. The first kappa shape index (κ1) is 16.8. The third kappa shape index (κ3) is 3.80. The Labute approximate surface area is 131 Å². The fraction of sp³-hybridized carbons (Fsp3) is 0.375. The lowest BCUT2D eigenvalue weighted by atomic mass is 10.1. The molecule has 2 heterocycles. The molecule has 0 aliphatic rings. The largest absolute Gasteiger partial charge is 0.397 e. The van der Waals surface area contributed by atoms with Crippen molar-refractivity contribution in [2.75, 3.05) is 13.2 Å². The molecular weight excluding hydrogens is 299 g/mol. The maximum atomic E-state index is 12.8. The van der Waals surface area contributed by atoms with Gasteiger partial charge in [0.05, 0.1) is 13.2 Å². The van der Waals surface area contributed by atoms with Crippen molar-refractivity contribution in [1.82, 2.24) is 4.98 Å². The summed E-state index contributed by atoms with van der Waals surface area (Å²) in [6.07, 6.45) is 7.31. The smallest absolute Gasteiger partial charge is 0.304 e. The third-order valence-electron chi connectivity index (χ3n) is 3.37. The molecule has 1 unspecified atom stereocenters. The van der Waals surface area contributed by atoms with E-state index < -0.39 is 7.60 Å². The quantitative estimate of drug-likeness (QED) is 0.574. The number of hydrogen-bond acceptors (Lipinski definition) is 4. The molecule has 118 valence electrons. The fourth-order valence-corrected chi connectivity index (χ4v) is 3.91. The predicted molar refractivity (Wildman–Crippen MR) is 85.4 cm³/mol. The van der Waals surface area contributed by atoms with Crippen LogP contribution in [0.4, 0.5) is 0 Å². The molecule has 2 aromatic heterocycles. The van der Waals surface area contributed by atoms with E-state index in [-0.39, 0.29) is 5.78 Å². The molecule has 0 aliphatic heterocycles. The summed E-state index contributed by atoms with van der Waals surface area (Å²) in [5.41, 5.74) is 2.17. The first-order valence-corrected chi connectivity index (χ1v) is 9.02. The van der Waals surface area contributed by atoms with E-state index in [9.17, 15) is 4.57 Å². The lowest BCUT2D eigenvalue weighted by Crippen LogP contribution is -2.37. The molecule has 0 fully saturated rings. The summed E-state index contributed by atoms with van der Waals surface area (Å²) >= 11 is 0. The summed E-state index contributed by atoms with van der Waals surface area (Å²) in [7, 11) is -3.17. The van der Waals surface area contributed by atoms with E-state index in [1.165, 1.54) is 0 Å². The number of rotatable bonds is 7. The van der Waals surface area contributed by atoms with Gasteiger partial charge >= 0.3 is 7.60 Å². The van der Waals surface area contributed by atoms with Crippen LogP contribution in [-0.4, -0.2) is 18.2 Å².